The Morgan fingerprint density at radius 1 is 0.415 bits per heavy atom. The molecule has 8 heteroatoms. The zero-order chi connectivity index (χ0) is 34.9. The minimum atomic E-state index is 0.522. The second kappa shape index (κ2) is 12.0. The lowest BCUT2D eigenvalue weighted by molar-refractivity contribution is 0.620. The maximum atomic E-state index is 6.32. The number of nitrogens with zero attached hydrogens (tertiary/aromatic N) is 5. The Morgan fingerprint density at radius 2 is 1.11 bits per heavy atom. The number of aromatic nitrogens is 5. The highest BCUT2D eigenvalue weighted by atomic mass is 32.1. The van der Waals surface area contributed by atoms with Gasteiger partial charge in [0.2, 0.25) is 5.89 Å². The molecule has 53 heavy (non-hydrogen) atoms. The summed E-state index contributed by atoms with van der Waals surface area (Å²) in [5.74, 6) is 2.28. The van der Waals surface area contributed by atoms with E-state index in [2.05, 4.69) is 109 Å². The van der Waals surface area contributed by atoms with E-state index in [1.165, 1.54) is 14.8 Å². The summed E-state index contributed by atoms with van der Waals surface area (Å²) in [6, 6.07) is 51.9. The van der Waals surface area contributed by atoms with Crippen LogP contribution < -0.4 is 0 Å². The second-order valence-corrected chi connectivity index (χ2v) is 15.0. The van der Waals surface area contributed by atoms with Gasteiger partial charge in [0.05, 0.1) is 10.2 Å². The molecular weight excluding hydrogens is 691 g/mol. The lowest BCUT2D eigenvalue weighted by Gasteiger charge is -2.11. The molecule has 0 aliphatic heterocycles. The molecule has 0 amide bonds. The van der Waals surface area contributed by atoms with E-state index >= 15 is 0 Å². The van der Waals surface area contributed by atoms with Crippen LogP contribution >= 0.6 is 22.7 Å². The van der Waals surface area contributed by atoms with Crippen molar-refractivity contribution in [3.8, 4) is 56.2 Å². The summed E-state index contributed by atoms with van der Waals surface area (Å²) in [4.78, 5) is 25.6. The van der Waals surface area contributed by atoms with Crippen molar-refractivity contribution < 1.29 is 4.42 Å². The van der Waals surface area contributed by atoms with Crippen LogP contribution in [0.3, 0.4) is 0 Å². The zero-order valence-electron chi connectivity index (χ0n) is 27.9. The Bertz CT molecular complexity index is 3060. The van der Waals surface area contributed by atoms with E-state index < -0.39 is 0 Å². The Balaban J connectivity index is 1.18. The fourth-order valence-corrected chi connectivity index (χ4v) is 9.12. The monoisotopic (exact) mass is 715 g/mol. The molecule has 7 aromatic carbocycles. The second-order valence-electron chi connectivity index (χ2n) is 12.9. The molecule has 11 rings (SSSR count). The van der Waals surface area contributed by atoms with Crippen molar-refractivity contribution in [2.45, 2.75) is 0 Å². The molecule has 0 fully saturated rings. The molecule has 0 unspecified atom stereocenters. The Labute approximate surface area is 310 Å². The maximum absolute atomic E-state index is 6.32. The highest BCUT2D eigenvalue weighted by molar-refractivity contribution is 7.26. The summed E-state index contributed by atoms with van der Waals surface area (Å²) in [5, 5.41) is 5.50. The number of benzene rings is 7. The van der Waals surface area contributed by atoms with E-state index in [0.717, 1.165) is 70.3 Å². The maximum Gasteiger partial charge on any atom is 0.227 e. The van der Waals surface area contributed by atoms with Gasteiger partial charge >= 0.3 is 0 Å². The fourth-order valence-electron chi connectivity index (χ4n) is 7.04. The third kappa shape index (κ3) is 5.18. The molecule has 6 nitrogen and oxygen atoms in total. The normalized spacial score (nSPS) is 11.8. The molecule has 4 aromatic heterocycles. The van der Waals surface area contributed by atoms with Gasteiger partial charge in [0.1, 0.15) is 10.5 Å². The Hall–Kier alpha value is -6.61. The van der Waals surface area contributed by atoms with Crippen LogP contribution in [0.15, 0.2) is 156 Å². The van der Waals surface area contributed by atoms with Crippen LogP contribution in [0.5, 0.6) is 0 Å². The molecule has 0 saturated heterocycles. The van der Waals surface area contributed by atoms with Crippen molar-refractivity contribution in [3.63, 3.8) is 0 Å². The lowest BCUT2D eigenvalue weighted by atomic mass is 10.0. The number of thiazole rings is 1. The number of hydrogen-bond donors (Lipinski definition) is 0. The first kappa shape index (κ1) is 30.1. The molecule has 0 saturated carbocycles. The predicted octanol–water partition coefficient (Wildman–Crippen LogP) is 12.5. The van der Waals surface area contributed by atoms with Gasteiger partial charge in [-0.05, 0) is 71.4 Å². The number of para-hydroxylation sites is 3. The summed E-state index contributed by atoms with van der Waals surface area (Å²) in [6.45, 7) is 0. The largest absolute Gasteiger partial charge is 0.436 e. The van der Waals surface area contributed by atoms with Gasteiger partial charge in [0, 0.05) is 48.0 Å². The summed E-state index contributed by atoms with van der Waals surface area (Å²) in [6.07, 6.45) is 0. The first-order chi connectivity index (χ1) is 26.2. The van der Waals surface area contributed by atoms with Gasteiger partial charge in [-0.25, -0.2) is 24.9 Å². The van der Waals surface area contributed by atoms with Gasteiger partial charge in [-0.1, -0.05) is 91.0 Å². The van der Waals surface area contributed by atoms with E-state index in [1.54, 1.807) is 22.7 Å². The summed E-state index contributed by atoms with van der Waals surface area (Å²) >= 11 is 3.43. The van der Waals surface area contributed by atoms with Crippen LogP contribution in [0.1, 0.15) is 0 Å². The molecule has 11 aromatic rings. The van der Waals surface area contributed by atoms with Crippen molar-refractivity contribution in [1.29, 1.82) is 0 Å². The van der Waals surface area contributed by atoms with Crippen LogP contribution in [0, 0.1) is 0 Å². The molecule has 0 atom stereocenters. The first-order valence-electron chi connectivity index (χ1n) is 17.2. The average molecular weight is 716 g/mol. The fraction of sp³-hybridized carbons (Fsp3) is 0. The molecule has 0 aliphatic rings. The SMILES string of the molecule is c1ccc2cc(-c3nc(-c4cc(-c5nc6ccccc6o5)cc(-c5nc6ccccc6s5)c4)nc(-c4cccc5sc6ccccc6c45)n3)ccc2c1. The molecule has 4 heterocycles. The van der Waals surface area contributed by atoms with Crippen LogP contribution in [-0.2, 0) is 0 Å². The number of rotatable bonds is 5. The van der Waals surface area contributed by atoms with Crippen LogP contribution in [-0.4, -0.2) is 24.9 Å². The number of fused-ring (bicyclic) bond motifs is 6. The molecule has 0 bridgehead atoms. The summed E-state index contributed by atoms with van der Waals surface area (Å²) in [5.41, 5.74) is 6.92. The van der Waals surface area contributed by atoms with Crippen molar-refractivity contribution >= 4 is 74.9 Å². The van der Waals surface area contributed by atoms with Gasteiger partial charge in [-0.2, -0.15) is 0 Å². The van der Waals surface area contributed by atoms with E-state index in [4.69, 9.17) is 29.3 Å². The topological polar surface area (TPSA) is 77.6 Å². The van der Waals surface area contributed by atoms with Crippen LogP contribution in [0.2, 0.25) is 0 Å². The molecule has 0 spiro atoms. The van der Waals surface area contributed by atoms with Gasteiger partial charge in [-0.3, -0.25) is 0 Å². The third-order valence-corrected chi connectivity index (χ3v) is 11.8. The quantitative estimate of drug-likeness (QED) is 0.176. The van der Waals surface area contributed by atoms with Crippen molar-refractivity contribution in [1.82, 2.24) is 24.9 Å². The van der Waals surface area contributed by atoms with Gasteiger partial charge in [0.15, 0.2) is 23.1 Å². The molecule has 0 radical (unpaired) electrons. The van der Waals surface area contributed by atoms with E-state index in [1.807, 2.05) is 42.5 Å². The van der Waals surface area contributed by atoms with E-state index in [0.29, 0.717) is 23.4 Å². The minimum absolute atomic E-state index is 0.522. The number of thiophene rings is 1. The Kier molecular flexibility index (Phi) is 6.80. The van der Waals surface area contributed by atoms with Gasteiger partial charge in [-0.15, -0.1) is 22.7 Å². The summed E-state index contributed by atoms with van der Waals surface area (Å²) < 4.78 is 9.86. The number of hydrogen-bond acceptors (Lipinski definition) is 8. The van der Waals surface area contributed by atoms with Gasteiger partial charge < -0.3 is 4.42 Å². The molecule has 0 aliphatic carbocycles. The predicted molar refractivity (Wildman–Crippen MR) is 218 cm³/mol. The standard InChI is InChI=1S/C45H25N5OS2/c1-2-11-27-22-28(21-20-26(27)10-1)41-48-42(50-43(49-41)33-13-9-19-39-40(33)32-12-3-7-17-37(32)52-39)29-23-30(44-46-34-14-4-6-16-36(34)51-44)25-31(24-29)45-47-35-15-5-8-18-38(35)53-45/h1-25H. The molecule has 0 N–H and O–H groups in total. The lowest BCUT2D eigenvalue weighted by Crippen LogP contribution is -2.01. The van der Waals surface area contributed by atoms with Crippen LogP contribution in [0.4, 0.5) is 0 Å². The summed E-state index contributed by atoms with van der Waals surface area (Å²) in [7, 11) is 0. The minimum Gasteiger partial charge on any atom is -0.436 e. The zero-order valence-corrected chi connectivity index (χ0v) is 29.5. The molecular formula is C45H25N5OS2. The van der Waals surface area contributed by atoms with E-state index in [9.17, 15) is 0 Å². The molecule has 248 valence electrons. The third-order valence-electron chi connectivity index (χ3n) is 9.56. The highest BCUT2D eigenvalue weighted by Gasteiger charge is 2.20. The smallest absolute Gasteiger partial charge is 0.227 e. The average Bonchev–Trinajstić information content (AvgIpc) is 3.96. The van der Waals surface area contributed by atoms with E-state index in [-0.39, 0.29) is 0 Å². The van der Waals surface area contributed by atoms with Crippen LogP contribution in [0.25, 0.3) is 108 Å². The van der Waals surface area contributed by atoms with Gasteiger partial charge in [0.25, 0.3) is 0 Å². The van der Waals surface area contributed by atoms with Crippen molar-refractivity contribution in [2.24, 2.45) is 0 Å². The highest BCUT2D eigenvalue weighted by Crippen LogP contribution is 2.41. The van der Waals surface area contributed by atoms with Crippen molar-refractivity contribution in [3.05, 3.63) is 152 Å². The Morgan fingerprint density at radius 3 is 2.00 bits per heavy atom. The number of oxazole rings is 1. The van der Waals surface area contributed by atoms with Crippen molar-refractivity contribution in [2.75, 3.05) is 0 Å². The first-order valence-corrected chi connectivity index (χ1v) is 18.9.